The average Bonchev–Trinajstić information content (AvgIpc) is 2.83. The van der Waals surface area contributed by atoms with E-state index in [0.717, 1.165) is 18.4 Å². The van der Waals surface area contributed by atoms with Gasteiger partial charge in [-0.3, -0.25) is 23.9 Å². The van der Waals surface area contributed by atoms with Crippen LogP contribution in [0.3, 0.4) is 0 Å². The molecule has 1 heterocycles. The number of rotatable bonds is 7. The molecule has 0 aromatic rings. The third-order valence-electron chi connectivity index (χ3n) is 2.94. The summed E-state index contributed by atoms with van der Waals surface area (Å²) < 4.78 is 8.01. The fraction of sp³-hybridized carbons (Fsp3) is 0.400. The number of halogens is 2. The largest absolute Gasteiger partial charge is 0.481 e. The molecule has 2 unspecified atom stereocenters. The third-order valence-corrected chi connectivity index (χ3v) is 5.53. The molecular weight excluding hydrogens is 364 g/mol. The first-order chi connectivity index (χ1) is 9.86. The molecule has 1 rings (SSSR count). The molecule has 0 saturated heterocycles. The third kappa shape index (κ3) is 3.23. The Kier molecular flexibility index (Phi) is 5.21. The standard InChI is InChI=1S/C10H10Cl2NO8P/c11-10(12,22(19,20)21)8(18)9(2-1-3-13-9)5(7(16)17)4-6(14)15/h1-3,5H,4H2,(H,14,15)(H,16,17)(H2,19,20,21). The van der Waals surface area contributed by atoms with Gasteiger partial charge in [0.1, 0.15) is 5.92 Å². The Balaban J connectivity index is 3.45. The highest BCUT2D eigenvalue weighted by atomic mass is 35.5. The Morgan fingerprint density at radius 2 is 1.82 bits per heavy atom. The molecule has 4 N–H and O–H groups in total. The fourth-order valence-corrected chi connectivity index (χ4v) is 2.62. The molecule has 0 spiro atoms. The maximum atomic E-state index is 12.4. The SMILES string of the molecule is O=C(O)CC(C(=O)O)C1(C(=O)C(Cl)(Cl)P(=O)(O)O)C=CC=N1. The smallest absolute Gasteiger partial charge is 0.369 e. The van der Waals surface area contributed by atoms with E-state index in [2.05, 4.69) is 4.99 Å². The number of hydrogen-bond donors (Lipinski definition) is 4. The van der Waals surface area contributed by atoms with Gasteiger partial charge in [-0.05, 0) is 12.2 Å². The van der Waals surface area contributed by atoms with E-state index in [0.29, 0.717) is 0 Å². The van der Waals surface area contributed by atoms with Crippen LogP contribution in [0.4, 0.5) is 0 Å². The van der Waals surface area contributed by atoms with Crippen molar-refractivity contribution >= 4 is 54.7 Å². The molecule has 1 aliphatic rings. The van der Waals surface area contributed by atoms with E-state index in [1.165, 1.54) is 0 Å². The summed E-state index contributed by atoms with van der Waals surface area (Å²) >= 11 is 10.8. The summed E-state index contributed by atoms with van der Waals surface area (Å²) in [4.78, 5) is 56.2. The molecule has 2 atom stereocenters. The lowest BCUT2D eigenvalue weighted by Gasteiger charge is -2.33. The van der Waals surface area contributed by atoms with Crippen LogP contribution in [-0.4, -0.2) is 53.5 Å². The summed E-state index contributed by atoms with van der Waals surface area (Å²) in [6.07, 6.45) is 1.97. The molecule has 12 heteroatoms. The van der Waals surface area contributed by atoms with Crippen LogP contribution in [0, 0.1) is 5.92 Å². The molecule has 0 bridgehead atoms. The predicted molar refractivity (Wildman–Crippen MR) is 75.2 cm³/mol. The number of carbonyl (C=O) groups is 3. The first kappa shape index (κ1) is 18.8. The summed E-state index contributed by atoms with van der Waals surface area (Å²) in [6.45, 7) is 0. The highest BCUT2D eigenvalue weighted by molar-refractivity contribution is 7.60. The number of aliphatic carboxylic acids is 2. The number of ketones is 1. The van der Waals surface area contributed by atoms with E-state index >= 15 is 0 Å². The van der Waals surface area contributed by atoms with Crippen molar-refractivity contribution in [1.82, 2.24) is 0 Å². The van der Waals surface area contributed by atoms with E-state index in [-0.39, 0.29) is 0 Å². The second-order valence-electron chi connectivity index (χ2n) is 4.37. The number of hydrogen-bond acceptors (Lipinski definition) is 5. The molecule has 122 valence electrons. The van der Waals surface area contributed by atoms with Crippen LogP contribution in [0.1, 0.15) is 6.42 Å². The number of nitrogens with zero attached hydrogens (tertiary/aromatic N) is 1. The van der Waals surface area contributed by atoms with Gasteiger partial charge in [-0.1, -0.05) is 23.2 Å². The van der Waals surface area contributed by atoms with Crippen molar-refractivity contribution in [3.05, 3.63) is 12.2 Å². The molecule has 1 aliphatic heterocycles. The van der Waals surface area contributed by atoms with Crippen LogP contribution in [0.15, 0.2) is 17.1 Å². The summed E-state index contributed by atoms with van der Waals surface area (Å²) in [7, 11) is -5.39. The lowest BCUT2D eigenvalue weighted by Crippen LogP contribution is -2.52. The van der Waals surface area contributed by atoms with Gasteiger partial charge in [0.2, 0.25) is 5.78 Å². The van der Waals surface area contributed by atoms with Gasteiger partial charge in [0, 0.05) is 6.21 Å². The van der Waals surface area contributed by atoms with Crippen LogP contribution in [0.2, 0.25) is 0 Å². The molecule has 0 radical (unpaired) electrons. The lowest BCUT2D eigenvalue weighted by atomic mass is 9.79. The van der Waals surface area contributed by atoms with Gasteiger partial charge in [-0.2, -0.15) is 0 Å². The van der Waals surface area contributed by atoms with Crippen LogP contribution < -0.4 is 0 Å². The van der Waals surface area contributed by atoms with Crippen LogP contribution >= 0.6 is 30.8 Å². The number of aliphatic imine (C=N–C) groups is 1. The van der Waals surface area contributed by atoms with Crippen molar-refractivity contribution in [3.63, 3.8) is 0 Å². The minimum Gasteiger partial charge on any atom is -0.481 e. The summed E-state index contributed by atoms with van der Waals surface area (Å²) in [6, 6.07) is 0. The van der Waals surface area contributed by atoms with Crippen molar-refractivity contribution in [2.75, 3.05) is 0 Å². The van der Waals surface area contributed by atoms with E-state index in [1.54, 1.807) is 0 Å². The minimum absolute atomic E-state index is 0.895. The molecule has 9 nitrogen and oxygen atoms in total. The molecule has 0 aliphatic carbocycles. The number of carboxylic acids is 2. The maximum Gasteiger partial charge on any atom is 0.369 e. The highest BCUT2D eigenvalue weighted by Crippen LogP contribution is 2.59. The van der Waals surface area contributed by atoms with Crippen LogP contribution in [0.25, 0.3) is 0 Å². The van der Waals surface area contributed by atoms with Gasteiger partial charge in [0.05, 0.1) is 6.42 Å². The van der Waals surface area contributed by atoms with E-state index in [4.69, 9.17) is 43.2 Å². The van der Waals surface area contributed by atoms with Gasteiger partial charge in [0.15, 0.2) is 5.54 Å². The molecule has 0 aromatic heterocycles. The normalized spacial score (nSPS) is 22.5. The Morgan fingerprint density at radius 3 is 2.14 bits per heavy atom. The van der Waals surface area contributed by atoms with Crippen molar-refractivity contribution in [2.45, 2.75) is 16.0 Å². The van der Waals surface area contributed by atoms with Crippen LogP contribution in [0.5, 0.6) is 0 Å². The van der Waals surface area contributed by atoms with Gasteiger partial charge in [-0.25, -0.2) is 0 Å². The summed E-state index contributed by atoms with van der Waals surface area (Å²) in [5.74, 6) is -6.83. The van der Waals surface area contributed by atoms with Crippen LogP contribution in [-0.2, 0) is 18.9 Å². The molecule has 0 amide bonds. The Labute approximate surface area is 133 Å². The Morgan fingerprint density at radius 1 is 1.27 bits per heavy atom. The zero-order chi connectivity index (χ0) is 17.3. The first-order valence-electron chi connectivity index (χ1n) is 5.52. The second kappa shape index (κ2) is 6.10. The average molecular weight is 374 g/mol. The lowest BCUT2D eigenvalue weighted by molar-refractivity contribution is -0.151. The Bertz CT molecular complexity index is 610. The van der Waals surface area contributed by atoms with Gasteiger partial charge in [0.25, 0.3) is 4.07 Å². The van der Waals surface area contributed by atoms with Crippen molar-refractivity contribution in [2.24, 2.45) is 10.9 Å². The molecule has 0 aromatic carbocycles. The summed E-state index contributed by atoms with van der Waals surface area (Å²) in [5, 5.41) is 17.9. The van der Waals surface area contributed by atoms with Gasteiger partial charge < -0.3 is 20.0 Å². The summed E-state index contributed by atoms with van der Waals surface area (Å²) in [5.41, 5.74) is -2.42. The first-order valence-corrected chi connectivity index (χ1v) is 7.89. The second-order valence-corrected chi connectivity index (χ2v) is 7.98. The number of carboxylic acid groups (broad SMARTS) is 2. The number of alkyl halides is 2. The van der Waals surface area contributed by atoms with Crippen molar-refractivity contribution in [1.29, 1.82) is 0 Å². The number of allylic oxidation sites excluding steroid dienone is 1. The minimum atomic E-state index is -5.39. The topological polar surface area (TPSA) is 162 Å². The molecule has 0 saturated carbocycles. The van der Waals surface area contributed by atoms with Crippen molar-refractivity contribution in [3.8, 4) is 0 Å². The van der Waals surface area contributed by atoms with E-state index in [9.17, 15) is 18.9 Å². The Hall–Kier alpha value is -1.25. The zero-order valence-corrected chi connectivity index (χ0v) is 13.0. The maximum absolute atomic E-state index is 12.4. The number of carbonyl (C=O) groups excluding carboxylic acids is 1. The highest BCUT2D eigenvalue weighted by Gasteiger charge is 2.62. The predicted octanol–water partition coefficient (Wildman–Crippen LogP) is 0.419. The zero-order valence-electron chi connectivity index (χ0n) is 10.6. The number of Topliss-reactive ketones (excluding diaryl/α,β-unsaturated/α-hetero) is 1. The monoisotopic (exact) mass is 373 g/mol. The quantitative estimate of drug-likeness (QED) is 0.368. The van der Waals surface area contributed by atoms with E-state index in [1.807, 2.05) is 0 Å². The fourth-order valence-electron chi connectivity index (χ4n) is 1.88. The molecule has 0 fully saturated rings. The molecular formula is C10H10Cl2NO8P. The van der Waals surface area contributed by atoms with Crippen molar-refractivity contribution < 1.29 is 38.9 Å². The van der Waals surface area contributed by atoms with Gasteiger partial charge in [-0.15, -0.1) is 0 Å². The van der Waals surface area contributed by atoms with E-state index < -0.39 is 47.3 Å². The molecule has 22 heavy (non-hydrogen) atoms. The van der Waals surface area contributed by atoms with Gasteiger partial charge >= 0.3 is 19.5 Å².